The highest BCUT2D eigenvalue weighted by atomic mass is 28.4. The Morgan fingerprint density at radius 1 is 1.00 bits per heavy atom. The molecule has 0 N–H and O–H groups in total. The molecule has 1 saturated carbocycles. The van der Waals surface area contributed by atoms with E-state index in [1.165, 1.54) is 32.1 Å². The molecule has 88 valence electrons. The van der Waals surface area contributed by atoms with E-state index < -0.39 is 8.32 Å². The summed E-state index contributed by atoms with van der Waals surface area (Å²) in [4.78, 5) is 0. The van der Waals surface area contributed by atoms with E-state index in [4.69, 9.17) is 4.43 Å². The SMILES string of the molecule is C[Si](C)(Oc1ccccc1)C1CCCCC1. The summed E-state index contributed by atoms with van der Waals surface area (Å²) < 4.78 is 6.28. The van der Waals surface area contributed by atoms with Crippen molar-refractivity contribution in [3.8, 4) is 5.75 Å². The zero-order chi connectivity index (χ0) is 11.4. The highest BCUT2D eigenvalue weighted by Crippen LogP contribution is 2.37. The maximum Gasteiger partial charge on any atom is 0.248 e. The highest BCUT2D eigenvalue weighted by molar-refractivity contribution is 6.73. The minimum atomic E-state index is -1.54. The van der Waals surface area contributed by atoms with Gasteiger partial charge in [-0.2, -0.15) is 0 Å². The fraction of sp³-hybridized carbons (Fsp3) is 0.571. The minimum Gasteiger partial charge on any atom is -0.544 e. The maximum absolute atomic E-state index is 6.28. The zero-order valence-electron chi connectivity index (χ0n) is 10.4. The van der Waals surface area contributed by atoms with E-state index in [0.717, 1.165) is 11.3 Å². The maximum atomic E-state index is 6.28. The van der Waals surface area contributed by atoms with Gasteiger partial charge in [0.05, 0.1) is 0 Å². The van der Waals surface area contributed by atoms with Crippen LogP contribution in [-0.2, 0) is 0 Å². The average molecular weight is 234 g/mol. The molecule has 0 radical (unpaired) electrons. The van der Waals surface area contributed by atoms with Gasteiger partial charge in [-0.05, 0) is 43.6 Å². The Morgan fingerprint density at radius 2 is 1.62 bits per heavy atom. The van der Waals surface area contributed by atoms with Gasteiger partial charge >= 0.3 is 0 Å². The first-order valence-corrected chi connectivity index (χ1v) is 9.41. The second kappa shape index (κ2) is 5.04. The summed E-state index contributed by atoms with van der Waals surface area (Å²) in [6.07, 6.45) is 6.99. The van der Waals surface area contributed by atoms with Gasteiger partial charge in [-0.15, -0.1) is 0 Å². The van der Waals surface area contributed by atoms with E-state index >= 15 is 0 Å². The Bertz CT molecular complexity index is 315. The fourth-order valence-electron chi connectivity index (χ4n) is 2.67. The van der Waals surface area contributed by atoms with Crippen LogP contribution in [0, 0.1) is 0 Å². The summed E-state index contributed by atoms with van der Waals surface area (Å²) in [5, 5.41) is 0. The first-order valence-electron chi connectivity index (χ1n) is 6.42. The predicted octanol–water partition coefficient (Wildman–Crippen LogP) is 4.60. The first kappa shape index (κ1) is 11.7. The summed E-state index contributed by atoms with van der Waals surface area (Å²) in [7, 11) is -1.54. The standard InChI is InChI=1S/C14H22OSi/c1-16(2,14-11-7-4-8-12-14)15-13-9-5-3-6-10-13/h3,5-6,9-10,14H,4,7-8,11-12H2,1-2H3. The molecule has 0 amide bonds. The van der Waals surface area contributed by atoms with Crippen LogP contribution < -0.4 is 4.43 Å². The van der Waals surface area contributed by atoms with Crippen LogP contribution in [0.2, 0.25) is 18.6 Å². The van der Waals surface area contributed by atoms with Crippen molar-refractivity contribution in [1.82, 2.24) is 0 Å². The number of hydrogen-bond donors (Lipinski definition) is 0. The molecular formula is C14H22OSi. The van der Waals surface area contributed by atoms with Gasteiger partial charge in [0, 0.05) is 0 Å². The van der Waals surface area contributed by atoms with Crippen LogP contribution in [0.1, 0.15) is 32.1 Å². The van der Waals surface area contributed by atoms with Gasteiger partial charge in [0.25, 0.3) is 0 Å². The molecule has 1 aliphatic carbocycles. The lowest BCUT2D eigenvalue weighted by Gasteiger charge is -2.35. The molecule has 2 rings (SSSR count). The molecule has 1 aliphatic rings. The minimum absolute atomic E-state index is 0.849. The van der Waals surface area contributed by atoms with Crippen LogP contribution in [0.3, 0.4) is 0 Å². The van der Waals surface area contributed by atoms with Crippen LogP contribution in [-0.4, -0.2) is 8.32 Å². The second-order valence-corrected chi connectivity index (χ2v) is 9.58. The molecule has 0 atom stereocenters. The molecule has 1 aromatic carbocycles. The van der Waals surface area contributed by atoms with E-state index in [-0.39, 0.29) is 0 Å². The van der Waals surface area contributed by atoms with Crippen LogP contribution in [0.15, 0.2) is 30.3 Å². The second-order valence-electron chi connectivity index (χ2n) is 5.35. The lowest BCUT2D eigenvalue weighted by molar-refractivity contribution is 0.440. The van der Waals surface area contributed by atoms with Gasteiger partial charge in [-0.25, -0.2) is 0 Å². The molecule has 1 nitrogen and oxygen atoms in total. The Hall–Kier alpha value is -0.763. The van der Waals surface area contributed by atoms with E-state index in [2.05, 4.69) is 37.4 Å². The van der Waals surface area contributed by atoms with Crippen molar-refractivity contribution in [2.45, 2.75) is 50.7 Å². The summed E-state index contributed by atoms with van der Waals surface area (Å²) in [6, 6.07) is 10.3. The summed E-state index contributed by atoms with van der Waals surface area (Å²) in [6.45, 7) is 4.74. The topological polar surface area (TPSA) is 9.23 Å². The van der Waals surface area contributed by atoms with Gasteiger partial charge in [-0.1, -0.05) is 37.5 Å². The van der Waals surface area contributed by atoms with E-state index in [9.17, 15) is 0 Å². The Balaban J connectivity index is 2.01. The summed E-state index contributed by atoms with van der Waals surface area (Å²) >= 11 is 0. The highest BCUT2D eigenvalue weighted by Gasteiger charge is 2.35. The van der Waals surface area contributed by atoms with Crippen molar-refractivity contribution in [2.24, 2.45) is 0 Å². The Labute approximate surface area is 100.0 Å². The molecule has 0 bridgehead atoms. The van der Waals surface area contributed by atoms with Gasteiger partial charge in [0.15, 0.2) is 0 Å². The third-order valence-corrected chi connectivity index (χ3v) is 7.02. The van der Waals surface area contributed by atoms with Crippen molar-refractivity contribution in [2.75, 3.05) is 0 Å². The monoisotopic (exact) mass is 234 g/mol. The van der Waals surface area contributed by atoms with Gasteiger partial charge in [-0.3, -0.25) is 0 Å². The lowest BCUT2D eigenvalue weighted by Crippen LogP contribution is -2.40. The Morgan fingerprint density at radius 3 is 2.25 bits per heavy atom. The van der Waals surface area contributed by atoms with Gasteiger partial charge in [0.2, 0.25) is 8.32 Å². The predicted molar refractivity (Wildman–Crippen MR) is 71.4 cm³/mol. The van der Waals surface area contributed by atoms with Crippen LogP contribution in [0.4, 0.5) is 0 Å². The molecule has 1 aromatic rings. The Kier molecular flexibility index (Phi) is 3.69. The number of para-hydroxylation sites is 1. The zero-order valence-corrected chi connectivity index (χ0v) is 11.4. The third kappa shape index (κ3) is 2.88. The van der Waals surface area contributed by atoms with Gasteiger partial charge in [0.1, 0.15) is 5.75 Å². The molecule has 2 heteroatoms. The fourth-order valence-corrected chi connectivity index (χ4v) is 5.38. The normalized spacial score (nSPS) is 18.4. The number of benzene rings is 1. The molecule has 16 heavy (non-hydrogen) atoms. The van der Waals surface area contributed by atoms with Crippen molar-refractivity contribution in [1.29, 1.82) is 0 Å². The molecule has 0 heterocycles. The molecule has 0 aliphatic heterocycles. The van der Waals surface area contributed by atoms with Crippen molar-refractivity contribution in [3.63, 3.8) is 0 Å². The largest absolute Gasteiger partial charge is 0.544 e. The van der Waals surface area contributed by atoms with Crippen LogP contribution >= 0.6 is 0 Å². The lowest BCUT2D eigenvalue weighted by atomic mass is 10.0. The van der Waals surface area contributed by atoms with E-state index in [1.807, 2.05) is 6.07 Å². The van der Waals surface area contributed by atoms with Crippen molar-refractivity contribution in [3.05, 3.63) is 30.3 Å². The molecule has 1 fully saturated rings. The molecule has 0 unspecified atom stereocenters. The average Bonchev–Trinajstić information content (AvgIpc) is 2.31. The molecule has 0 spiro atoms. The van der Waals surface area contributed by atoms with Gasteiger partial charge < -0.3 is 4.43 Å². The smallest absolute Gasteiger partial charge is 0.248 e. The van der Waals surface area contributed by atoms with E-state index in [0.29, 0.717) is 0 Å². The summed E-state index contributed by atoms with van der Waals surface area (Å²) in [5.74, 6) is 1.06. The van der Waals surface area contributed by atoms with Crippen molar-refractivity contribution >= 4 is 8.32 Å². The molecule has 0 saturated heterocycles. The number of hydrogen-bond acceptors (Lipinski definition) is 1. The molecule has 0 aromatic heterocycles. The number of rotatable bonds is 3. The summed E-state index contributed by atoms with van der Waals surface area (Å²) in [5.41, 5.74) is 0.849. The molecular weight excluding hydrogens is 212 g/mol. The van der Waals surface area contributed by atoms with Crippen molar-refractivity contribution < 1.29 is 4.43 Å². The van der Waals surface area contributed by atoms with E-state index in [1.54, 1.807) is 0 Å². The third-order valence-electron chi connectivity index (χ3n) is 3.71. The van der Waals surface area contributed by atoms with Crippen LogP contribution in [0.5, 0.6) is 5.75 Å². The quantitative estimate of drug-likeness (QED) is 0.694. The van der Waals surface area contributed by atoms with Crippen LogP contribution in [0.25, 0.3) is 0 Å². The first-order chi connectivity index (χ1) is 7.68.